The molecule has 0 saturated heterocycles. The van der Waals surface area contributed by atoms with E-state index >= 15 is 0 Å². The van der Waals surface area contributed by atoms with Gasteiger partial charge in [0.2, 0.25) is 0 Å². The topological polar surface area (TPSA) is 9.23 Å². The van der Waals surface area contributed by atoms with Crippen molar-refractivity contribution in [3.8, 4) is 11.8 Å². The van der Waals surface area contributed by atoms with Crippen LogP contribution in [0.25, 0.3) is 0 Å². The molecule has 96 valence electrons. The highest BCUT2D eigenvalue weighted by Gasteiger charge is 2.59. The van der Waals surface area contributed by atoms with E-state index in [-0.39, 0.29) is 17.1 Å². The molecule has 0 unspecified atom stereocenters. The Hall–Kier alpha value is -1.26. The molecule has 1 fully saturated rings. The molecule has 18 heavy (non-hydrogen) atoms. The summed E-state index contributed by atoms with van der Waals surface area (Å²) in [4.78, 5) is 0. The minimum absolute atomic E-state index is 0.0921. The molecular weight excluding hydrogens is 220 g/mol. The third-order valence-electron chi connectivity index (χ3n) is 3.35. The van der Waals surface area contributed by atoms with Gasteiger partial charge in [0, 0.05) is 11.0 Å². The van der Waals surface area contributed by atoms with Crippen molar-refractivity contribution >= 4 is 0 Å². The van der Waals surface area contributed by atoms with Crippen molar-refractivity contribution in [3.63, 3.8) is 0 Å². The highest BCUT2D eigenvalue weighted by atomic mass is 16.5. The molecule has 0 radical (unpaired) electrons. The average Bonchev–Trinajstić information content (AvgIpc) is 2.76. The van der Waals surface area contributed by atoms with Gasteiger partial charge in [-0.25, -0.2) is 0 Å². The van der Waals surface area contributed by atoms with E-state index in [0.29, 0.717) is 5.92 Å². The lowest BCUT2D eigenvalue weighted by molar-refractivity contribution is -0.0310. The Balaban J connectivity index is 2.06. The van der Waals surface area contributed by atoms with Gasteiger partial charge in [-0.3, -0.25) is 0 Å². The predicted octanol–water partition coefficient (Wildman–Crippen LogP) is 3.88. The van der Waals surface area contributed by atoms with E-state index in [9.17, 15) is 0 Å². The molecule has 0 aliphatic heterocycles. The second kappa shape index (κ2) is 4.44. The van der Waals surface area contributed by atoms with E-state index in [1.807, 2.05) is 30.3 Å². The van der Waals surface area contributed by atoms with Crippen LogP contribution < -0.4 is 0 Å². The molecule has 0 aromatic heterocycles. The van der Waals surface area contributed by atoms with Crippen LogP contribution in [-0.2, 0) is 4.74 Å². The molecule has 1 saturated carbocycles. The zero-order valence-corrected chi connectivity index (χ0v) is 11.9. The zero-order valence-electron chi connectivity index (χ0n) is 11.9. The van der Waals surface area contributed by atoms with E-state index in [2.05, 4.69) is 46.5 Å². The van der Waals surface area contributed by atoms with Crippen molar-refractivity contribution in [2.45, 2.75) is 46.3 Å². The third-order valence-corrected chi connectivity index (χ3v) is 3.35. The van der Waals surface area contributed by atoms with Crippen molar-refractivity contribution in [2.24, 2.45) is 11.3 Å². The molecule has 2 rings (SSSR count). The first-order chi connectivity index (χ1) is 8.31. The maximum atomic E-state index is 6.06. The summed E-state index contributed by atoms with van der Waals surface area (Å²) in [6.07, 6.45) is 0.258. The van der Waals surface area contributed by atoms with Gasteiger partial charge in [-0.05, 0) is 32.9 Å². The maximum Gasteiger partial charge on any atom is 0.0789 e. The molecule has 1 nitrogen and oxygen atoms in total. The Labute approximate surface area is 111 Å². The molecule has 0 amide bonds. The Morgan fingerprint density at radius 3 is 2.28 bits per heavy atom. The van der Waals surface area contributed by atoms with Gasteiger partial charge in [0.15, 0.2) is 0 Å². The maximum absolute atomic E-state index is 6.06. The minimum atomic E-state index is -0.0921. The van der Waals surface area contributed by atoms with E-state index in [1.165, 1.54) is 0 Å². The minimum Gasteiger partial charge on any atom is -0.371 e. The summed E-state index contributed by atoms with van der Waals surface area (Å²) >= 11 is 0. The second-order valence-corrected chi connectivity index (χ2v) is 6.59. The lowest BCUT2D eigenvalue weighted by atomic mass is 10.1. The normalized spacial score (nSPS) is 25.2. The summed E-state index contributed by atoms with van der Waals surface area (Å²) in [5.41, 5.74) is 1.16. The Bertz CT molecular complexity index is 468. The Kier molecular flexibility index (Phi) is 3.25. The van der Waals surface area contributed by atoms with Crippen LogP contribution in [0.15, 0.2) is 30.3 Å². The first kappa shape index (κ1) is 13.2. The standard InChI is InChI=1S/C17H22O/c1-16(2,3)18-15-14(17(15,4)5)12-11-13-9-7-6-8-10-13/h6-10,14-15H,1-5H3/t14-,15-/m0/s1. The SMILES string of the molecule is CC(C)(C)O[C@H]1[C@H](C#Cc2ccccc2)C1(C)C. The number of rotatable bonds is 1. The van der Waals surface area contributed by atoms with Gasteiger partial charge in [0.05, 0.1) is 17.6 Å². The third kappa shape index (κ3) is 2.94. The van der Waals surface area contributed by atoms with E-state index in [4.69, 9.17) is 4.74 Å². The smallest absolute Gasteiger partial charge is 0.0789 e. The largest absolute Gasteiger partial charge is 0.371 e. The number of hydrogen-bond acceptors (Lipinski definition) is 1. The molecule has 1 heteroatoms. The lowest BCUT2D eigenvalue weighted by Gasteiger charge is -2.20. The van der Waals surface area contributed by atoms with Gasteiger partial charge >= 0.3 is 0 Å². The Morgan fingerprint density at radius 2 is 1.72 bits per heavy atom. The fourth-order valence-electron chi connectivity index (χ4n) is 2.14. The quantitative estimate of drug-likeness (QED) is 0.679. The molecule has 1 aliphatic carbocycles. The number of hydrogen-bond donors (Lipinski definition) is 0. The van der Waals surface area contributed by atoms with Crippen molar-refractivity contribution < 1.29 is 4.74 Å². The molecule has 1 aliphatic rings. The van der Waals surface area contributed by atoms with E-state index in [1.54, 1.807) is 0 Å². The van der Waals surface area contributed by atoms with Gasteiger partial charge in [0.25, 0.3) is 0 Å². The zero-order chi connectivity index (χ0) is 13.4. The molecule has 2 atom stereocenters. The summed E-state index contributed by atoms with van der Waals surface area (Å²) in [6, 6.07) is 10.1. The van der Waals surface area contributed by atoms with Crippen molar-refractivity contribution in [1.82, 2.24) is 0 Å². The summed E-state index contributed by atoms with van der Waals surface area (Å²) in [6.45, 7) is 10.8. The molecule has 0 spiro atoms. The molecule has 0 heterocycles. The highest BCUT2D eigenvalue weighted by molar-refractivity contribution is 5.37. The van der Waals surface area contributed by atoms with Gasteiger partial charge < -0.3 is 4.74 Å². The summed E-state index contributed by atoms with van der Waals surface area (Å²) in [7, 11) is 0. The molecule has 0 N–H and O–H groups in total. The lowest BCUT2D eigenvalue weighted by Crippen LogP contribution is -2.22. The van der Waals surface area contributed by atoms with Crippen LogP contribution in [0.1, 0.15) is 40.2 Å². The molecule has 1 aromatic rings. The molecule has 1 aromatic carbocycles. The Morgan fingerprint density at radius 1 is 1.11 bits per heavy atom. The van der Waals surface area contributed by atoms with E-state index in [0.717, 1.165) is 5.56 Å². The predicted molar refractivity (Wildman–Crippen MR) is 75.2 cm³/mol. The number of ether oxygens (including phenoxy) is 1. The van der Waals surface area contributed by atoms with Crippen molar-refractivity contribution in [1.29, 1.82) is 0 Å². The van der Waals surface area contributed by atoms with Crippen LogP contribution in [0, 0.1) is 23.2 Å². The van der Waals surface area contributed by atoms with Crippen molar-refractivity contribution in [3.05, 3.63) is 35.9 Å². The molecule has 0 bridgehead atoms. The average molecular weight is 242 g/mol. The number of benzene rings is 1. The van der Waals surface area contributed by atoms with Crippen LogP contribution in [0.2, 0.25) is 0 Å². The first-order valence-corrected chi connectivity index (χ1v) is 6.55. The first-order valence-electron chi connectivity index (χ1n) is 6.55. The van der Waals surface area contributed by atoms with Crippen LogP contribution in [0.5, 0.6) is 0 Å². The monoisotopic (exact) mass is 242 g/mol. The summed E-state index contributed by atoms with van der Waals surface area (Å²) in [5.74, 6) is 6.95. The molecular formula is C17H22O. The summed E-state index contributed by atoms with van der Waals surface area (Å²) < 4.78 is 6.06. The fourth-order valence-corrected chi connectivity index (χ4v) is 2.14. The van der Waals surface area contributed by atoms with Gasteiger partial charge in [0.1, 0.15) is 0 Å². The van der Waals surface area contributed by atoms with Crippen LogP contribution in [-0.4, -0.2) is 11.7 Å². The van der Waals surface area contributed by atoms with Gasteiger partial charge in [-0.2, -0.15) is 0 Å². The van der Waals surface area contributed by atoms with Gasteiger partial charge in [-0.15, -0.1) is 0 Å². The highest BCUT2D eigenvalue weighted by Crippen LogP contribution is 2.55. The second-order valence-electron chi connectivity index (χ2n) is 6.59. The summed E-state index contributed by atoms with van der Waals surface area (Å²) in [5, 5.41) is 0. The van der Waals surface area contributed by atoms with Gasteiger partial charge in [-0.1, -0.05) is 43.9 Å². The fraction of sp³-hybridized carbons (Fsp3) is 0.529. The van der Waals surface area contributed by atoms with Crippen LogP contribution in [0.3, 0.4) is 0 Å². The van der Waals surface area contributed by atoms with Crippen LogP contribution in [0.4, 0.5) is 0 Å². The van der Waals surface area contributed by atoms with Crippen LogP contribution >= 0.6 is 0 Å². The van der Waals surface area contributed by atoms with Crippen molar-refractivity contribution in [2.75, 3.05) is 0 Å². The van der Waals surface area contributed by atoms with E-state index < -0.39 is 0 Å².